The van der Waals surface area contributed by atoms with Gasteiger partial charge in [-0.3, -0.25) is 19.2 Å². The molecule has 1 aromatic heterocycles. The third kappa shape index (κ3) is 5.03. The van der Waals surface area contributed by atoms with E-state index >= 15 is 0 Å². The van der Waals surface area contributed by atoms with Crippen molar-refractivity contribution >= 4 is 17.7 Å². The van der Waals surface area contributed by atoms with Gasteiger partial charge < -0.3 is 15.5 Å². The fraction of sp³-hybridized carbons (Fsp3) is 0.316. The van der Waals surface area contributed by atoms with Crippen LogP contribution in [0, 0.1) is 0 Å². The van der Waals surface area contributed by atoms with Gasteiger partial charge >= 0.3 is 0 Å². The Morgan fingerprint density at radius 3 is 2.43 bits per heavy atom. The van der Waals surface area contributed by atoms with Crippen LogP contribution in [0.5, 0.6) is 0 Å². The molecule has 3 rings (SSSR count). The van der Waals surface area contributed by atoms with Crippen LogP contribution in [0.1, 0.15) is 33.7 Å². The lowest BCUT2D eigenvalue weighted by molar-refractivity contribution is -0.121. The van der Waals surface area contributed by atoms with E-state index in [1.165, 1.54) is 12.1 Å². The summed E-state index contributed by atoms with van der Waals surface area (Å²) < 4.78 is 0. The summed E-state index contributed by atoms with van der Waals surface area (Å²) >= 11 is 0. The van der Waals surface area contributed by atoms with Crippen LogP contribution in [0.25, 0.3) is 0 Å². The molecule has 2 aromatic rings. The van der Waals surface area contributed by atoms with Crippen LogP contribution in [0.2, 0.25) is 0 Å². The molecule has 3 amide bonds. The largest absolute Gasteiger partial charge is 0.352 e. The van der Waals surface area contributed by atoms with Crippen molar-refractivity contribution in [1.29, 1.82) is 0 Å². The molecule has 0 saturated carbocycles. The lowest BCUT2D eigenvalue weighted by Crippen LogP contribution is -2.48. The van der Waals surface area contributed by atoms with Crippen molar-refractivity contribution in [1.82, 2.24) is 25.7 Å². The number of H-pyrrole nitrogens is 1. The highest BCUT2D eigenvalue weighted by Crippen LogP contribution is 2.12. The Bertz CT molecular complexity index is 884. The van der Waals surface area contributed by atoms with Crippen molar-refractivity contribution in [2.45, 2.75) is 18.9 Å². The van der Waals surface area contributed by atoms with E-state index in [2.05, 4.69) is 20.8 Å². The molecule has 1 aromatic carbocycles. The summed E-state index contributed by atoms with van der Waals surface area (Å²) in [5.41, 5.74) is 0.320. The van der Waals surface area contributed by atoms with Crippen LogP contribution < -0.4 is 16.2 Å². The number of nitrogens with one attached hydrogen (secondary N) is 3. The monoisotopic (exact) mass is 383 g/mol. The summed E-state index contributed by atoms with van der Waals surface area (Å²) in [5.74, 6) is -0.822. The summed E-state index contributed by atoms with van der Waals surface area (Å²) in [6.07, 6.45) is 1.21. The van der Waals surface area contributed by atoms with Gasteiger partial charge in [-0.1, -0.05) is 18.2 Å². The van der Waals surface area contributed by atoms with Crippen LogP contribution >= 0.6 is 0 Å². The first-order chi connectivity index (χ1) is 13.5. The molecule has 2 heterocycles. The van der Waals surface area contributed by atoms with Gasteiger partial charge in [-0.15, -0.1) is 0 Å². The summed E-state index contributed by atoms with van der Waals surface area (Å²) in [7, 11) is 0. The van der Waals surface area contributed by atoms with E-state index in [0.717, 1.165) is 0 Å². The Hall–Kier alpha value is -3.49. The molecule has 0 aliphatic carbocycles. The zero-order valence-electron chi connectivity index (χ0n) is 15.2. The summed E-state index contributed by atoms with van der Waals surface area (Å²) in [6, 6.07) is 11.3. The average Bonchev–Trinajstić information content (AvgIpc) is 2.73. The first-order valence-corrected chi connectivity index (χ1v) is 9.00. The van der Waals surface area contributed by atoms with Crippen LogP contribution in [-0.4, -0.2) is 58.5 Å². The predicted octanol–water partition coefficient (Wildman–Crippen LogP) is -0.0793. The van der Waals surface area contributed by atoms with Crippen molar-refractivity contribution in [3.05, 3.63) is 64.1 Å². The molecule has 9 heteroatoms. The van der Waals surface area contributed by atoms with E-state index in [1.54, 1.807) is 29.2 Å². The molecule has 0 unspecified atom stereocenters. The van der Waals surface area contributed by atoms with Crippen LogP contribution in [-0.2, 0) is 4.79 Å². The number of carbonyl (C=O) groups is 3. The first kappa shape index (κ1) is 19.3. The number of piperidine rings is 1. The Kier molecular flexibility index (Phi) is 6.15. The highest BCUT2D eigenvalue weighted by atomic mass is 16.2. The molecule has 0 atom stereocenters. The number of amides is 3. The van der Waals surface area contributed by atoms with Gasteiger partial charge in [0.25, 0.3) is 17.4 Å². The van der Waals surface area contributed by atoms with Gasteiger partial charge in [0.05, 0.1) is 6.54 Å². The number of aromatic nitrogens is 2. The maximum atomic E-state index is 12.4. The highest BCUT2D eigenvalue weighted by molar-refractivity contribution is 5.96. The second-order valence-corrected chi connectivity index (χ2v) is 6.49. The SMILES string of the molecule is O=C(CNC(=O)c1ccccc1)NC1CCN(C(=O)c2ccc(=O)[nH]n2)CC1. The maximum absolute atomic E-state index is 12.4. The van der Waals surface area contributed by atoms with E-state index in [9.17, 15) is 19.2 Å². The maximum Gasteiger partial charge on any atom is 0.274 e. The molecular formula is C19H21N5O4. The van der Waals surface area contributed by atoms with Crippen molar-refractivity contribution in [3.63, 3.8) is 0 Å². The Morgan fingerprint density at radius 2 is 1.79 bits per heavy atom. The average molecular weight is 383 g/mol. The first-order valence-electron chi connectivity index (χ1n) is 9.00. The van der Waals surface area contributed by atoms with Gasteiger partial charge in [-0.2, -0.15) is 5.10 Å². The van der Waals surface area contributed by atoms with E-state index in [1.807, 2.05) is 6.07 Å². The summed E-state index contributed by atoms with van der Waals surface area (Å²) in [4.78, 5) is 49.0. The predicted molar refractivity (Wildman–Crippen MR) is 101 cm³/mol. The number of aromatic amines is 1. The topological polar surface area (TPSA) is 124 Å². The molecule has 0 radical (unpaired) electrons. The molecule has 0 bridgehead atoms. The number of hydrogen-bond acceptors (Lipinski definition) is 5. The molecule has 1 aliphatic rings. The van der Waals surface area contributed by atoms with Crippen LogP contribution in [0.15, 0.2) is 47.3 Å². The smallest absolute Gasteiger partial charge is 0.274 e. The quantitative estimate of drug-likeness (QED) is 0.666. The van der Waals surface area contributed by atoms with E-state index < -0.39 is 0 Å². The fourth-order valence-electron chi connectivity index (χ4n) is 2.98. The molecule has 28 heavy (non-hydrogen) atoms. The van der Waals surface area contributed by atoms with Gasteiger partial charge in [0.2, 0.25) is 5.91 Å². The Labute approximate surface area is 161 Å². The minimum absolute atomic E-state index is 0.0614. The van der Waals surface area contributed by atoms with Gasteiger partial charge in [0.1, 0.15) is 5.69 Å². The summed E-state index contributed by atoms with van der Waals surface area (Å²) in [5, 5.41) is 11.5. The van der Waals surface area contributed by atoms with E-state index in [0.29, 0.717) is 31.5 Å². The van der Waals surface area contributed by atoms with Crippen molar-refractivity contribution in [2.75, 3.05) is 19.6 Å². The summed E-state index contributed by atoms with van der Waals surface area (Å²) in [6.45, 7) is 0.843. The number of nitrogens with zero attached hydrogens (tertiary/aromatic N) is 2. The number of hydrogen-bond donors (Lipinski definition) is 3. The molecule has 1 saturated heterocycles. The van der Waals surface area contributed by atoms with Gasteiger partial charge in [0, 0.05) is 30.8 Å². The number of carbonyl (C=O) groups excluding carboxylic acids is 3. The minimum atomic E-state index is -0.364. The Morgan fingerprint density at radius 1 is 1.07 bits per heavy atom. The van der Waals surface area contributed by atoms with E-state index in [-0.39, 0.29) is 41.6 Å². The molecule has 146 valence electrons. The zero-order valence-corrected chi connectivity index (χ0v) is 15.2. The van der Waals surface area contributed by atoms with Crippen molar-refractivity contribution in [3.8, 4) is 0 Å². The third-order valence-electron chi connectivity index (χ3n) is 4.49. The molecule has 1 aliphatic heterocycles. The molecule has 9 nitrogen and oxygen atoms in total. The molecule has 0 spiro atoms. The second kappa shape index (κ2) is 8.94. The van der Waals surface area contributed by atoms with Crippen LogP contribution in [0.3, 0.4) is 0 Å². The number of benzene rings is 1. The minimum Gasteiger partial charge on any atom is -0.352 e. The normalized spacial score (nSPS) is 14.4. The lowest BCUT2D eigenvalue weighted by atomic mass is 10.0. The molecule has 1 fully saturated rings. The van der Waals surface area contributed by atoms with Crippen molar-refractivity contribution < 1.29 is 14.4 Å². The third-order valence-corrected chi connectivity index (χ3v) is 4.49. The van der Waals surface area contributed by atoms with Gasteiger partial charge in [-0.05, 0) is 31.0 Å². The highest BCUT2D eigenvalue weighted by Gasteiger charge is 2.25. The number of likely N-dealkylation sites (tertiary alicyclic amines) is 1. The second-order valence-electron chi connectivity index (χ2n) is 6.49. The Balaban J connectivity index is 1.42. The lowest BCUT2D eigenvalue weighted by Gasteiger charge is -2.32. The van der Waals surface area contributed by atoms with Crippen LogP contribution in [0.4, 0.5) is 0 Å². The fourth-order valence-corrected chi connectivity index (χ4v) is 2.98. The zero-order chi connectivity index (χ0) is 19.9. The van der Waals surface area contributed by atoms with E-state index in [4.69, 9.17) is 0 Å². The van der Waals surface area contributed by atoms with Crippen molar-refractivity contribution in [2.24, 2.45) is 0 Å². The molecule has 3 N–H and O–H groups in total. The molecular weight excluding hydrogens is 362 g/mol. The standard InChI is InChI=1S/C19H21N5O4/c25-16-7-6-15(22-23-16)19(28)24-10-8-14(9-11-24)21-17(26)12-20-18(27)13-4-2-1-3-5-13/h1-7,14H,8-12H2,(H,20,27)(H,21,26)(H,23,25). The number of rotatable bonds is 5. The van der Waals surface area contributed by atoms with Gasteiger partial charge in [-0.25, -0.2) is 5.10 Å². The van der Waals surface area contributed by atoms with Gasteiger partial charge in [0.15, 0.2) is 0 Å².